The van der Waals surface area contributed by atoms with Gasteiger partial charge in [-0.3, -0.25) is 9.59 Å². The van der Waals surface area contributed by atoms with Crippen LogP contribution in [0.4, 0.5) is 15.8 Å². The molecule has 3 N–H and O–H groups in total. The zero-order valence-electron chi connectivity index (χ0n) is 19.1. The summed E-state index contributed by atoms with van der Waals surface area (Å²) >= 11 is 0. The average molecular weight is 460 g/mol. The van der Waals surface area contributed by atoms with Crippen molar-refractivity contribution in [3.8, 4) is 0 Å². The van der Waals surface area contributed by atoms with E-state index in [2.05, 4.69) is 15.5 Å². The van der Waals surface area contributed by atoms with Gasteiger partial charge in [0.1, 0.15) is 5.82 Å². The van der Waals surface area contributed by atoms with Crippen LogP contribution in [0.1, 0.15) is 28.7 Å². The van der Waals surface area contributed by atoms with Crippen LogP contribution in [-0.2, 0) is 22.6 Å². The summed E-state index contributed by atoms with van der Waals surface area (Å²) in [7, 11) is 3.99. The van der Waals surface area contributed by atoms with Crippen LogP contribution in [0.15, 0.2) is 66.7 Å². The Morgan fingerprint density at radius 3 is 2.56 bits per heavy atom. The lowest BCUT2D eigenvalue weighted by atomic mass is 9.97. The first-order chi connectivity index (χ1) is 16.3. The summed E-state index contributed by atoms with van der Waals surface area (Å²) in [6.07, 6.45) is 0.385. The molecule has 0 atom stereocenters. The largest absolute Gasteiger partial charge is 0.481 e. The second kappa shape index (κ2) is 9.89. The Morgan fingerprint density at radius 2 is 1.79 bits per heavy atom. The summed E-state index contributed by atoms with van der Waals surface area (Å²) < 4.78 is 13.8. The highest BCUT2D eigenvalue weighted by Crippen LogP contribution is 2.38. The molecule has 0 saturated heterocycles. The number of aryl methyl sites for hydroxylation is 1. The topological polar surface area (TPSA) is 81.7 Å². The van der Waals surface area contributed by atoms with Crippen LogP contribution in [0, 0.1) is 5.82 Å². The van der Waals surface area contributed by atoms with Gasteiger partial charge in [0.15, 0.2) is 0 Å². The fourth-order valence-electron chi connectivity index (χ4n) is 4.06. The highest BCUT2D eigenvalue weighted by atomic mass is 19.1. The molecule has 0 unspecified atom stereocenters. The SMILES string of the molecule is CN(C)Cc1cccc(NC(=C2C(=O)Nc3cc(F)ccc32)c2cccc(CCC(=O)O)c2)c1. The second-order valence-electron chi connectivity index (χ2n) is 8.55. The molecule has 0 fully saturated rings. The molecule has 0 bridgehead atoms. The highest BCUT2D eigenvalue weighted by Gasteiger charge is 2.29. The van der Waals surface area contributed by atoms with E-state index in [-0.39, 0.29) is 12.3 Å². The van der Waals surface area contributed by atoms with Gasteiger partial charge in [-0.25, -0.2) is 4.39 Å². The lowest BCUT2D eigenvalue weighted by Crippen LogP contribution is -2.12. The Kier molecular flexibility index (Phi) is 6.75. The van der Waals surface area contributed by atoms with E-state index >= 15 is 0 Å². The van der Waals surface area contributed by atoms with E-state index in [0.29, 0.717) is 28.9 Å². The summed E-state index contributed by atoms with van der Waals surface area (Å²) in [5.74, 6) is -1.63. The van der Waals surface area contributed by atoms with Gasteiger partial charge >= 0.3 is 5.97 Å². The zero-order valence-corrected chi connectivity index (χ0v) is 19.1. The lowest BCUT2D eigenvalue weighted by molar-refractivity contribution is -0.137. The van der Waals surface area contributed by atoms with Gasteiger partial charge in [-0.2, -0.15) is 0 Å². The van der Waals surface area contributed by atoms with Gasteiger partial charge in [-0.05, 0) is 73.6 Å². The van der Waals surface area contributed by atoms with E-state index in [4.69, 9.17) is 5.11 Å². The Balaban J connectivity index is 1.82. The molecule has 6 nitrogen and oxygen atoms in total. The van der Waals surface area contributed by atoms with Crippen molar-refractivity contribution in [3.05, 3.63) is 94.8 Å². The van der Waals surface area contributed by atoms with Gasteiger partial charge in [-0.1, -0.05) is 30.3 Å². The molecule has 0 aromatic heterocycles. The molecule has 0 spiro atoms. The van der Waals surface area contributed by atoms with E-state index in [1.165, 1.54) is 12.1 Å². The first-order valence-electron chi connectivity index (χ1n) is 11.0. The number of amides is 1. The second-order valence-corrected chi connectivity index (χ2v) is 8.55. The van der Waals surface area contributed by atoms with Gasteiger partial charge in [0.2, 0.25) is 0 Å². The van der Waals surface area contributed by atoms with E-state index in [9.17, 15) is 14.0 Å². The number of benzene rings is 3. The molecule has 1 aliphatic heterocycles. The summed E-state index contributed by atoms with van der Waals surface area (Å²) in [5, 5.41) is 15.2. The van der Waals surface area contributed by atoms with Crippen molar-refractivity contribution >= 4 is 34.5 Å². The highest BCUT2D eigenvalue weighted by molar-refractivity contribution is 6.37. The Morgan fingerprint density at radius 1 is 1.03 bits per heavy atom. The number of halogens is 1. The van der Waals surface area contributed by atoms with E-state index < -0.39 is 11.8 Å². The third-order valence-corrected chi connectivity index (χ3v) is 5.51. The average Bonchev–Trinajstić information content (AvgIpc) is 3.10. The monoisotopic (exact) mass is 459 g/mol. The molecule has 4 rings (SSSR count). The van der Waals surface area contributed by atoms with Crippen LogP contribution in [0.3, 0.4) is 0 Å². The van der Waals surface area contributed by atoms with Crippen LogP contribution in [0.25, 0.3) is 11.3 Å². The molecule has 0 saturated carbocycles. The number of aliphatic carboxylic acids is 1. The third-order valence-electron chi connectivity index (χ3n) is 5.51. The van der Waals surface area contributed by atoms with Crippen molar-refractivity contribution in [3.63, 3.8) is 0 Å². The molecule has 3 aromatic rings. The summed E-state index contributed by atoms with van der Waals surface area (Å²) in [5.41, 5.74) is 5.50. The fraction of sp³-hybridized carbons (Fsp3) is 0.185. The Labute approximate surface area is 197 Å². The number of anilines is 2. The minimum Gasteiger partial charge on any atom is -0.481 e. The maximum Gasteiger partial charge on any atom is 0.303 e. The van der Waals surface area contributed by atoms with Crippen LogP contribution in [-0.4, -0.2) is 36.0 Å². The first-order valence-corrected chi connectivity index (χ1v) is 11.0. The fourth-order valence-corrected chi connectivity index (χ4v) is 4.06. The van der Waals surface area contributed by atoms with Crippen molar-refractivity contribution in [2.24, 2.45) is 0 Å². The van der Waals surface area contributed by atoms with Crippen LogP contribution in [0.2, 0.25) is 0 Å². The quantitative estimate of drug-likeness (QED) is 0.420. The van der Waals surface area contributed by atoms with Crippen molar-refractivity contribution in [1.29, 1.82) is 0 Å². The van der Waals surface area contributed by atoms with Crippen molar-refractivity contribution in [2.45, 2.75) is 19.4 Å². The molecule has 3 aromatic carbocycles. The Hall–Kier alpha value is -3.97. The standard InChI is InChI=1S/C27H26FN3O3/c1-31(2)16-18-6-4-8-21(14-18)29-26(19-7-3-5-17(13-19)9-12-24(32)33)25-22-11-10-20(28)15-23(22)30-27(25)34/h3-8,10-11,13-15,29H,9,12,16H2,1-2H3,(H,30,34)(H,32,33). The van der Waals surface area contributed by atoms with Gasteiger partial charge in [-0.15, -0.1) is 0 Å². The number of hydrogen-bond acceptors (Lipinski definition) is 4. The van der Waals surface area contributed by atoms with Crippen molar-refractivity contribution in [2.75, 3.05) is 24.7 Å². The summed E-state index contributed by atoms with van der Waals surface area (Å²) in [4.78, 5) is 26.2. The summed E-state index contributed by atoms with van der Waals surface area (Å²) in [6, 6.07) is 19.6. The maximum absolute atomic E-state index is 13.8. The first kappa shape index (κ1) is 23.2. The predicted molar refractivity (Wildman–Crippen MR) is 132 cm³/mol. The number of carbonyl (C=O) groups excluding carboxylic acids is 1. The number of carboxylic acids is 1. The molecule has 174 valence electrons. The van der Waals surface area contributed by atoms with Gasteiger partial charge in [0.05, 0.1) is 17.0 Å². The Bertz CT molecular complexity index is 1280. The normalized spacial score (nSPS) is 14.1. The molecule has 1 aliphatic rings. The molecule has 34 heavy (non-hydrogen) atoms. The van der Waals surface area contributed by atoms with Crippen LogP contribution < -0.4 is 10.6 Å². The minimum atomic E-state index is -0.870. The molecule has 7 heteroatoms. The summed E-state index contributed by atoms with van der Waals surface area (Å²) in [6.45, 7) is 0.759. The number of carbonyl (C=O) groups is 2. The maximum atomic E-state index is 13.8. The van der Waals surface area contributed by atoms with Crippen LogP contribution >= 0.6 is 0 Å². The molecule has 0 radical (unpaired) electrons. The number of carboxylic acid groups (broad SMARTS) is 1. The molecule has 1 heterocycles. The van der Waals surface area contributed by atoms with E-state index in [0.717, 1.165) is 28.9 Å². The number of nitrogens with one attached hydrogen (secondary N) is 2. The van der Waals surface area contributed by atoms with Crippen molar-refractivity contribution < 1.29 is 19.1 Å². The van der Waals surface area contributed by atoms with Gasteiger partial charge in [0.25, 0.3) is 5.91 Å². The number of rotatable bonds is 8. The molecule has 0 aliphatic carbocycles. The zero-order chi connectivity index (χ0) is 24.2. The minimum absolute atomic E-state index is 0.0119. The van der Waals surface area contributed by atoms with Crippen molar-refractivity contribution in [1.82, 2.24) is 4.90 Å². The number of hydrogen-bond donors (Lipinski definition) is 3. The number of fused-ring (bicyclic) bond motifs is 1. The number of nitrogens with zero attached hydrogens (tertiary/aromatic N) is 1. The third kappa shape index (κ3) is 5.32. The van der Waals surface area contributed by atoms with Crippen LogP contribution in [0.5, 0.6) is 0 Å². The predicted octanol–water partition coefficient (Wildman–Crippen LogP) is 4.84. The smallest absolute Gasteiger partial charge is 0.303 e. The van der Waals surface area contributed by atoms with Gasteiger partial charge < -0.3 is 20.6 Å². The van der Waals surface area contributed by atoms with E-state index in [1.54, 1.807) is 6.07 Å². The molecular weight excluding hydrogens is 433 g/mol. The molecular formula is C27H26FN3O3. The van der Waals surface area contributed by atoms with E-state index in [1.807, 2.05) is 62.6 Å². The molecule has 1 amide bonds. The van der Waals surface area contributed by atoms with Gasteiger partial charge in [0, 0.05) is 24.2 Å². The lowest BCUT2D eigenvalue weighted by Gasteiger charge is -2.17.